The molecule has 0 aromatic carbocycles. The standard InChI is InChI=1S/C15H31O/c1-3-5-6-7-8-9-10-11-12-13-15(4-2)14-16/h8,15-16H,3-7,9-14H2,1-2H3. The fourth-order valence-corrected chi connectivity index (χ4v) is 2.01. The maximum absolute atomic E-state index is 9.04. The van der Waals surface area contributed by atoms with E-state index in [1.165, 1.54) is 57.8 Å². The van der Waals surface area contributed by atoms with Crippen molar-refractivity contribution in [3.63, 3.8) is 0 Å². The summed E-state index contributed by atoms with van der Waals surface area (Å²) in [5.74, 6) is 0.550. The molecule has 0 spiro atoms. The van der Waals surface area contributed by atoms with Crippen LogP contribution in [0, 0.1) is 12.3 Å². The van der Waals surface area contributed by atoms with E-state index < -0.39 is 0 Å². The Bertz CT molecular complexity index is 119. The van der Waals surface area contributed by atoms with E-state index in [1.807, 2.05) is 0 Å². The molecule has 0 aromatic heterocycles. The van der Waals surface area contributed by atoms with Gasteiger partial charge in [-0.25, -0.2) is 0 Å². The second kappa shape index (κ2) is 13.0. The minimum atomic E-state index is 0.375. The maximum Gasteiger partial charge on any atom is 0.0459 e. The second-order valence-corrected chi connectivity index (χ2v) is 4.88. The summed E-state index contributed by atoms with van der Waals surface area (Å²) in [6.07, 6.45) is 15.4. The molecule has 1 atom stereocenters. The van der Waals surface area contributed by atoms with Crippen molar-refractivity contribution in [1.29, 1.82) is 0 Å². The Kier molecular flexibility index (Phi) is 13.0. The molecule has 1 radical (unpaired) electrons. The summed E-state index contributed by atoms with van der Waals surface area (Å²) in [7, 11) is 0. The Morgan fingerprint density at radius 3 is 2.19 bits per heavy atom. The van der Waals surface area contributed by atoms with E-state index in [2.05, 4.69) is 20.3 Å². The lowest BCUT2D eigenvalue weighted by atomic mass is 9.98. The molecule has 0 aliphatic heterocycles. The van der Waals surface area contributed by atoms with Gasteiger partial charge in [0.05, 0.1) is 0 Å². The fraction of sp³-hybridized carbons (Fsp3) is 0.933. The molecular weight excluding hydrogens is 196 g/mol. The quantitative estimate of drug-likeness (QED) is 0.477. The topological polar surface area (TPSA) is 20.2 Å². The minimum absolute atomic E-state index is 0.375. The van der Waals surface area contributed by atoms with Gasteiger partial charge < -0.3 is 5.11 Å². The number of aliphatic hydroxyl groups excluding tert-OH is 1. The van der Waals surface area contributed by atoms with Gasteiger partial charge in [0, 0.05) is 6.61 Å². The fourth-order valence-electron chi connectivity index (χ4n) is 2.01. The zero-order valence-electron chi connectivity index (χ0n) is 11.4. The Hall–Kier alpha value is -0.0400. The molecule has 0 saturated carbocycles. The molecule has 0 saturated heterocycles. The van der Waals surface area contributed by atoms with E-state index >= 15 is 0 Å². The summed E-state index contributed by atoms with van der Waals surface area (Å²) in [6.45, 7) is 4.80. The van der Waals surface area contributed by atoms with Crippen molar-refractivity contribution >= 4 is 0 Å². The molecular formula is C15H31O. The molecule has 1 heteroatoms. The van der Waals surface area contributed by atoms with Crippen LogP contribution < -0.4 is 0 Å². The van der Waals surface area contributed by atoms with E-state index in [9.17, 15) is 0 Å². The molecule has 0 aromatic rings. The number of hydrogen-bond donors (Lipinski definition) is 1. The van der Waals surface area contributed by atoms with Gasteiger partial charge in [-0.2, -0.15) is 0 Å². The normalized spacial score (nSPS) is 12.9. The van der Waals surface area contributed by atoms with Crippen LogP contribution in [0.25, 0.3) is 0 Å². The third-order valence-electron chi connectivity index (χ3n) is 3.37. The van der Waals surface area contributed by atoms with Crippen LogP contribution in [0.4, 0.5) is 0 Å². The van der Waals surface area contributed by atoms with Crippen molar-refractivity contribution in [2.75, 3.05) is 6.61 Å². The summed E-state index contributed by atoms with van der Waals surface area (Å²) in [6, 6.07) is 0. The molecule has 97 valence electrons. The smallest absolute Gasteiger partial charge is 0.0459 e. The van der Waals surface area contributed by atoms with Gasteiger partial charge in [0.1, 0.15) is 0 Å². The van der Waals surface area contributed by atoms with Crippen molar-refractivity contribution in [3.8, 4) is 0 Å². The van der Waals surface area contributed by atoms with Crippen LogP contribution in [0.2, 0.25) is 0 Å². The van der Waals surface area contributed by atoms with Crippen LogP contribution >= 0.6 is 0 Å². The first-order valence-electron chi connectivity index (χ1n) is 7.27. The Balaban J connectivity index is 3.03. The van der Waals surface area contributed by atoms with E-state index in [0.717, 1.165) is 6.42 Å². The maximum atomic E-state index is 9.04. The highest BCUT2D eigenvalue weighted by Crippen LogP contribution is 2.14. The van der Waals surface area contributed by atoms with Crippen LogP contribution in [0.5, 0.6) is 0 Å². The number of unbranched alkanes of at least 4 members (excludes halogenated alkanes) is 8. The van der Waals surface area contributed by atoms with E-state index in [0.29, 0.717) is 12.5 Å². The van der Waals surface area contributed by atoms with Gasteiger partial charge in [-0.3, -0.25) is 0 Å². The lowest BCUT2D eigenvalue weighted by Gasteiger charge is -2.10. The summed E-state index contributed by atoms with van der Waals surface area (Å²) in [5, 5.41) is 9.04. The van der Waals surface area contributed by atoms with E-state index in [-0.39, 0.29) is 0 Å². The summed E-state index contributed by atoms with van der Waals surface area (Å²) < 4.78 is 0. The zero-order valence-corrected chi connectivity index (χ0v) is 11.4. The van der Waals surface area contributed by atoms with Crippen molar-refractivity contribution in [3.05, 3.63) is 6.42 Å². The molecule has 1 unspecified atom stereocenters. The Morgan fingerprint density at radius 2 is 1.62 bits per heavy atom. The van der Waals surface area contributed by atoms with E-state index in [4.69, 9.17) is 5.11 Å². The van der Waals surface area contributed by atoms with Crippen LogP contribution in [0.3, 0.4) is 0 Å². The predicted molar refractivity (Wildman–Crippen MR) is 72.4 cm³/mol. The number of aliphatic hydroxyl groups is 1. The average Bonchev–Trinajstić information content (AvgIpc) is 2.32. The highest BCUT2D eigenvalue weighted by Gasteiger charge is 2.03. The lowest BCUT2D eigenvalue weighted by Crippen LogP contribution is -2.03. The molecule has 0 aliphatic rings. The number of rotatable bonds is 12. The van der Waals surface area contributed by atoms with Crippen molar-refractivity contribution in [2.45, 2.75) is 78.1 Å². The van der Waals surface area contributed by atoms with Gasteiger partial charge in [0.2, 0.25) is 0 Å². The van der Waals surface area contributed by atoms with Crippen LogP contribution in [-0.2, 0) is 0 Å². The van der Waals surface area contributed by atoms with Crippen LogP contribution in [0.1, 0.15) is 78.1 Å². The molecule has 1 N–H and O–H groups in total. The molecule has 0 heterocycles. The SMILES string of the molecule is CCCCC[CH]CCCCCC(CC)CO. The monoisotopic (exact) mass is 227 g/mol. The Labute approximate surface area is 103 Å². The molecule has 0 aliphatic carbocycles. The van der Waals surface area contributed by atoms with Crippen molar-refractivity contribution in [2.24, 2.45) is 5.92 Å². The van der Waals surface area contributed by atoms with Crippen molar-refractivity contribution < 1.29 is 5.11 Å². The lowest BCUT2D eigenvalue weighted by molar-refractivity contribution is 0.211. The molecule has 0 rings (SSSR count). The number of hydrogen-bond acceptors (Lipinski definition) is 1. The summed E-state index contributed by atoms with van der Waals surface area (Å²) >= 11 is 0. The summed E-state index contributed by atoms with van der Waals surface area (Å²) in [4.78, 5) is 0. The molecule has 1 nitrogen and oxygen atoms in total. The van der Waals surface area contributed by atoms with E-state index in [1.54, 1.807) is 0 Å². The van der Waals surface area contributed by atoms with Gasteiger partial charge in [-0.15, -0.1) is 0 Å². The highest BCUT2D eigenvalue weighted by atomic mass is 16.3. The van der Waals surface area contributed by atoms with Gasteiger partial charge >= 0.3 is 0 Å². The van der Waals surface area contributed by atoms with Crippen molar-refractivity contribution in [1.82, 2.24) is 0 Å². The third kappa shape index (κ3) is 10.5. The average molecular weight is 227 g/mol. The third-order valence-corrected chi connectivity index (χ3v) is 3.37. The van der Waals surface area contributed by atoms with Gasteiger partial charge in [0.25, 0.3) is 0 Å². The largest absolute Gasteiger partial charge is 0.396 e. The molecule has 0 amide bonds. The van der Waals surface area contributed by atoms with Gasteiger partial charge in [0.15, 0.2) is 0 Å². The van der Waals surface area contributed by atoms with Gasteiger partial charge in [-0.05, 0) is 18.8 Å². The summed E-state index contributed by atoms with van der Waals surface area (Å²) in [5.41, 5.74) is 0. The van der Waals surface area contributed by atoms with Gasteiger partial charge in [-0.1, -0.05) is 71.6 Å². The second-order valence-electron chi connectivity index (χ2n) is 4.88. The first-order valence-corrected chi connectivity index (χ1v) is 7.27. The first kappa shape index (κ1) is 16.0. The van der Waals surface area contributed by atoms with Crippen LogP contribution in [0.15, 0.2) is 0 Å². The predicted octanol–water partition coefficient (Wildman–Crippen LogP) is 4.74. The zero-order chi connectivity index (χ0) is 12.1. The molecule has 0 fully saturated rings. The molecule has 0 bridgehead atoms. The molecule has 16 heavy (non-hydrogen) atoms. The Morgan fingerprint density at radius 1 is 0.938 bits per heavy atom. The highest BCUT2D eigenvalue weighted by molar-refractivity contribution is 4.64. The first-order chi connectivity index (χ1) is 7.85. The minimum Gasteiger partial charge on any atom is -0.396 e. The van der Waals surface area contributed by atoms with Crippen LogP contribution in [-0.4, -0.2) is 11.7 Å².